The topological polar surface area (TPSA) is 76.1 Å². The van der Waals surface area contributed by atoms with Crippen LogP contribution in [0.3, 0.4) is 0 Å². The third-order valence-corrected chi connectivity index (χ3v) is 6.56. The third-order valence-electron chi connectivity index (χ3n) is 6.56. The van der Waals surface area contributed by atoms with Gasteiger partial charge in [-0.1, -0.05) is 13.0 Å². The van der Waals surface area contributed by atoms with Crippen molar-refractivity contribution in [2.24, 2.45) is 5.92 Å². The standard InChI is InChI=1S/C25H36FNO5/c1-5-19-20(14-18(15-21(19)26)16-8-12-31-13-9-16)22(23(28)29)17-6-10-27(11-7-17)24(30)32-25(2,3)4/h14-17,22H,5-13H2,1-4H3,(H,28,29)/t22-/m1/s1. The molecule has 1 atom stereocenters. The zero-order valence-corrected chi connectivity index (χ0v) is 19.7. The fourth-order valence-corrected chi connectivity index (χ4v) is 4.93. The maximum absolute atomic E-state index is 15.1. The number of carboxylic acid groups (broad SMARTS) is 1. The Morgan fingerprint density at radius 1 is 1.19 bits per heavy atom. The summed E-state index contributed by atoms with van der Waals surface area (Å²) in [7, 11) is 0. The number of likely N-dealkylation sites (tertiary alicyclic amines) is 1. The second-order valence-electron chi connectivity index (χ2n) is 9.93. The van der Waals surface area contributed by atoms with Crippen molar-refractivity contribution >= 4 is 12.1 Å². The Morgan fingerprint density at radius 3 is 2.34 bits per heavy atom. The Hall–Kier alpha value is -2.15. The molecular weight excluding hydrogens is 413 g/mol. The molecule has 0 saturated carbocycles. The van der Waals surface area contributed by atoms with Crippen LogP contribution in [0, 0.1) is 11.7 Å². The maximum Gasteiger partial charge on any atom is 0.410 e. The van der Waals surface area contributed by atoms with Crippen molar-refractivity contribution in [3.8, 4) is 0 Å². The minimum Gasteiger partial charge on any atom is -0.481 e. The number of halogens is 1. The van der Waals surface area contributed by atoms with Gasteiger partial charge in [0.15, 0.2) is 0 Å². The molecule has 0 unspecified atom stereocenters. The zero-order chi connectivity index (χ0) is 23.5. The highest BCUT2D eigenvalue weighted by Gasteiger charge is 2.37. The van der Waals surface area contributed by atoms with E-state index in [9.17, 15) is 14.7 Å². The highest BCUT2D eigenvalue weighted by molar-refractivity contribution is 5.77. The van der Waals surface area contributed by atoms with Crippen LogP contribution in [0.2, 0.25) is 0 Å². The molecule has 6 nitrogen and oxygen atoms in total. The van der Waals surface area contributed by atoms with E-state index in [2.05, 4.69) is 0 Å². The minimum absolute atomic E-state index is 0.166. The molecule has 2 aliphatic rings. The summed E-state index contributed by atoms with van der Waals surface area (Å²) in [5.74, 6) is -2.02. The van der Waals surface area contributed by atoms with Gasteiger partial charge in [0.1, 0.15) is 11.4 Å². The quantitative estimate of drug-likeness (QED) is 0.677. The molecule has 178 valence electrons. The van der Waals surface area contributed by atoms with Crippen LogP contribution < -0.4 is 0 Å². The van der Waals surface area contributed by atoms with Crippen LogP contribution in [0.1, 0.15) is 81.9 Å². The van der Waals surface area contributed by atoms with Gasteiger partial charge in [-0.25, -0.2) is 9.18 Å². The molecule has 2 fully saturated rings. The number of rotatable bonds is 5. The smallest absolute Gasteiger partial charge is 0.410 e. The van der Waals surface area contributed by atoms with Gasteiger partial charge in [0.2, 0.25) is 0 Å². The number of carbonyl (C=O) groups is 2. The SMILES string of the molecule is CCc1c(F)cc(C2CCOCC2)cc1[C@H](C(=O)O)C1CCN(C(=O)OC(C)(C)C)CC1. The molecule has 1 aromatic carbocycles. The molecule has 0 spiro atoms. The molecule has 32 heavy (non-hydrogen) atoms. The van der Waals surface area contributed by atoms with Crippen LogP contribution in [0.25, 0.3) is 0 Å². The van der Waals surface area contributed by atoms with E-state index >= 15 is 4.39 Å². The maximum atomic E-state index is 15.1. The van der Waals surface area contributed by atoms with E-state index < -0.39 is 17.5 Å². The molecule has 2 aliphatic heterocycles. The molecule has 1 amide bonds. The number of aliphatic carboxylic acids is 1. The van der Waals surface area contributed by atoms with E-state index in [1.165, 1.54) is 0 Å². The van der Waals surface area contributed by atoms with E-state index in [1.807, 2.05) is 33.8 Å². The molecule has 0 aromatic heterocycles. The summed E-state index contributed by atoms with van der Waals surface area (Å²) < 4.78 is 26.0. The highest BCUT2D eigenvalue weighted by Crippen LogP contribution is 2.39. The Morgan fingerprint density at radius 2 is 1.81 bits per heavy atom. The van der Waals surface area contributed by atoms with Gasteiger partial charge in [-0.05, 0) is 87.5 Å². The van der Waals surface area contributed by atoms with Crippen molar-refractivity contribution in [3.63, 3.8) is 0 Å². The first-order valence-corrected chi connectivity index (χ1v) is 11.7. The van der Waals surface area contributed by atoms with Crippen molar-refractivity contribution in [2.45, 2.75) is 77.2 Å². The van der Waals surface area contributed by atoms with E-state index in [4.69, 9.17) is 9.47 Å². The van der Waals surface area contributed by atoms with Gasteiger partial charge in [-0.3, -0.25) is 4.79 Å². The van der Waals surface area contributed by atoms with E-state index in [0.717, 1.165) is 18.4 Å². The number of piperidine rings is 1. The second-order valence-corrected chi connectivity index (χ2v) is 9.93. The predicted molar refractivity (Wildman–Crippen MR) is 119 cm³/mol. The summed E-state index contributed by atoms with van der Waals surface area (Å²) in [6.07, 6.45) is 2.79. The summed E-state index contributed by atoms with van der Waals surface area (Å²) in [5.41, 5.74) is 1.38. The fourth-order valence-electron chi connectivity index (χ4n) is 4.93. The Kier molecular flexibility index (Phi) is 7.80. The van der Waals surface area contributed by atoms with Crippen molar-refractivity contribution in [3.05, 3.63) is 34.6 Å². The largest absolute Gasteiger partial charge is 0.481 e. The number of hydrogen-bond acceptors (Lipinski definition) is 4. The van der Waals surface area contributed by atoms with Gasteiger partial charge in [0.25, 0.3) is 0 Å². The lowest BCUT2D eigenvalue weighted by Crippen LogP contribution is -2.43. The van der Waals surface area contributed by atoms with Crippen LogP contribution in [-0.4, -0.2) is 54.0 Å². The first kappa shape index (κ1) is 24.5. The summed E-state index contributed by atoms with van der Waals surface area (Å²) in [5, 5.41) is 10.2. The van der Waals surface area contributed by atoms with Crippen molar-refractivity contribution in [2.75, 3.05) is 26.3 Å². The van der Waals surface area contributed by atoms with Gasteiger partial charge < -0.3 is 19.5 Å². The number of carboxylic acids is 1. The molecule has 1 N–H and O–H groups in total. The molecule has 0 radical (unpaired) electrons. The van der Waals surface area contributed by atoms with Crippen LogP contribution in [0.15, 0.2) is 12.1 Å². The first-order chi connectivity index (χ1) is 15.1. The number of benzene rings is 1. The van der Waals surface area contributed by atoms with Crippen molar-refractivity contribution in [1.29, 1.82) is 0 Å². The van der Waals surface area contributed by atoms with Gasteiger partial charge >= 0.3 is 12.1 Å². The Bertz CT molecular complexity index is 820. The van der Waals surface area contributed by atoms with E-state index in [-0.39, 0.29) is 23.7 Å². The number of nitrogens with zero attached hydrogens (tertiary/aromatic N) is 1. The van der Waals surface area contributed by atoms with Gasteiger partial charge in [-0.2, -0.15) is 0 Å². The zero-order valence-electron chi connectivity index (χ0n) is 19.7. The summed E-state index contributed by atoms with van der Waals surface area (Å²) in [6, 6.07) is 3.51. The molecule has 7 heteroatoms. The van der Waals surface area contributed by atoms with Crippen LogP contribution in [0.5, 0.6) is 0 Å². The Balaban J connectivity index is 1.83. The van der Waals surface area contributed by atoms with Gasteiger partial charge in [0, 0.05) is 26.3 Å². The Labute approximate surface area is 190 Å². The molecule has 1 aromatic rings. The van der Waals surface area contributed by atoms with Gasteiger partial charge in [-0.15, -0.1) is 0 Å². The number of hydrogen-bond donors (Lipinski definition) is 1. The number of amides is 1. The van der Waals surface area contributed by atoms with Crippen molar-refractivity contribution in [1.82, 2.24) is 4.90 Å². The number of ether oxygens (including phenoxy) is 2. The van der Waals surface area contributed by atoms with Crippen LogP contribution in [-0.2, 0) is 20.7 Å². The monoisotopic (exact) mass is 449 g/mol. The summed E-state index contributed by atoms with van der Waals surface area (Å²) in [4.78, 5) is 26.4. The predicted octanol–water partition coefficient (Wildman–Crippen LogP) is 5.10. The average Bonchev–Trinajstić information content (AvgIpc) is 2.73. The number of carbonyl (C=O) groups excluding carboxylic acids is 1. The fraction of sp³-hybridized carbons (Fsp3) is 0.680. The minimum atomic E-state index is -0.932. The second kappa shape index (κ2) is 10.2. The molecule has 0 bridgehead atoms. The third kappa shape index (κ3) is 5.80. The lowest BCUT2D eigenvalue weighted by Gasteiger charge is -2.36. The van der Waals surface area contributed by atoms with E-state index in [0.29, 0.717) is 56.7 Å². The summed E-state index contributed by atoms with van der Waals surface area (Å²) in [6.45, 7) is 9.49. The van der Waals surface area contributed by atoms with Crippen LogP contribution in [0.4, 0.5) is 9.18 Å². The molecule has 2 saturated heterocycles. The molecule has 3 rings (SSSR count). The molecule has 2 heterocycles. The lowest BCUT2D eigenvalue weighted by atomic mass is 9.76. The molecular formula is C25H36FNO5. The first-order valence-electron chi connectivity index (χ1n) is 11.7. The molecule has 0 aliphatic carbocycles. The van der Waals surface area contributed by atoms with Crippen LogP contribution >= 0.6 is 0 Å². The average molecular weight is 450 g/mol. The van der Waals surface area contributed by atoms with E-state index in [1.54, 1.807) is 11.0 Å². The summed E-state index contributed by atoms with van der Waals surface area (Å²) >= 11 is 0. The van der Waals surface area contributed by atoms with Crippen molar-refractivity contribution < 1.29 is 28.6 Å². The normalized spacial score (nSPS) is 19.6. The van der Waals surface area contributed by atoms with Gasteiger partial charge in [0.05, 0.1) is 5.92 Å². The highest BCUT2D eigenvalue weighted by atomic mass is 19.1. The lowest BCUT2D eigenvalue weighted by molar-refractivity contribution is -0.140.